The van der Waals surface area contributed by atoms with Gasteiger partial charge < -0.3 is 14.5 Å². The van der Waals surface area contributed by atoms with Gasteiger partial charge in [-0.3, -0.25) is 9.48 Å². The lowest BCUT2D eigenvalue weighted by Crippen LogP contribution is -2.12. The minimum Gasteiger partial charge on any atom is -0.465 e. The zero-order chi connectivity index (χ0) is 19.4. The minimum atomic E-state index is -0.427. The molecule has 0 fully saturated rings. The molecule has 0 atom stereocenters. The molecule has 0 radical (unpaired) electrons. The Bertz CT molecular complexity index is 959. The number of aryl methyl sites for hydroxylation is 3. The lowest BCUT2D eigenvalue weighted by molar-refractivity contribution is -0.116. The molecule has 0 aliphatic carbocycles. The Hall–Kier alpha value is -3.49. The molecule has 3 rings (SSSR count). The molecule has 2 heterocycles. The molecule has 9 nitrogen and oxygen atoms in total. The molecule has 0 saturated heterocycles. The number of esters is 1. The summed E-state index contributed by atoms with van der Waals surface area (Å²) in [7, 11) is 3.11. The molecule has 1 N–H and O–H groups in total. The lowest BCUT2D eigenvalue weighted by Gasteiger charge is -2.05. The van der Waals surface area contributed by atoms with Crippen LogP contribution in [0.2, 0.25) is 0 Å². The van der Waals surface area contributed by atoms with E-state index in [-0.39, 0.29) is 12.3 Å². The Morgan fingerprint density at radius 3 is 2.59 bits per heavy atom. The highest BCUT2D eigenvalue weighted by Crippen LogP contribution is 2.19. The normalized spacial score (nSPS) is 10.6. The Labute approximate surface area is 155 Å². The summed E-state index contributed by atoms with van der Waals surface area (Å²) in [4.78, 5) is 23.5. The number of hydrogen-bond acceptors (Lipinski definition) is 7. The summed E-state index contributed by atoms with van der Waals surface area (Å²) in [6.45, 7) is 1.88. The van der Waals surface area contributed by atoms with E-state index in [0.717, 1.165) is 11.4 Å². The number of anilines is 1. The predicted octanol–water partition coefficient (Wildman–Crippen LogP) is 2.14. The summed E-state index contributed by atoms with van der Waals surface area (Å²) in [5, 5.41) is 15.0. The zero-order valence-corrected chi connectivity index (χ0v) is 15.2. The van der Waals surface area contributed by atoms with Crippen molar-refractivity contribution in [3.63, 3.8) is 0 Å². The van der Waals surface area contributed by atoms with Crippen LogP contribution in [0.1, 0.15) is 28.4 Å². The van der Waals surface area contributed by atoms with Crippen LogP contribution in [0.25, 0.3) is 11.6 Å². The Balaban J connectivity index is 1.55. The fourth-order valence-corrected chi connectivity index (χ4v) is 2.52. The zero-order valence-electron chi connectivity index (χ0n) is 15.2. The maximum Gasteiger partial charge on any atom is 0.337 e. The van der Waals surface area contributed by atoms with Crippen molar-refractivity contribution in [3.05, 3.63) is 47.5 Å². The molecular weight excluding hydrogens is 350 g/mol. The number of nitrogens with zero attached hydrogens (tertiary/aromatic N) is 4. The highest BCUT2D eigenvalue weighted by Gasteiger charge is 2.14. The fraction of sp³-hybridized carbons (Fsp3) is 0.278. The molecule has 0 aliphatic heterocycles. The van der Waals surface area contributed by atoms with Gasteiger partial charge in [0.05, 0.1) is 18.4 Å². The minimum absolute atomic E-state index is 0.185. The first-order valence-electron chi connectivity index (χ1n) is 8.28. The van der Waals surface area contributed by atoms with Crippen molar-refractivity contribution in [3.8, 4) is 11.6 Å². The first-order valence-corrected chi connectivity index (χ1v) is 8.28. The van der Waals surface area contributed by atoms with E-state index in [2.05, 4.69) is 25.3 Å². The molecule has 3 aromatic rings. The molecule has 1 aromatic carbocycles. The van der Waals surface area contributed by atoms with Crippen LogP contribution in [0.15, 0.2) is 34.7 Å². The van der Waals surface area contributed by atoms with Crippen LogP contribution < -0.4 is 5.32 Å². The van der Waals surface area contributed by atoms with Gasteiger partial charge in [-0.15, -0.1) is 10.2 Å². The average Bonchev–Trinajstić information content (AvgIpc) is 3.25. The van der Waals surface area contributed by atoms with Gasteiger partial charge in [0.1, 0.15) is 5.69 Å². The van der Waals surface area contributed by atoms with E-state index in [1.807, 2.05) is 13.0 Å². The number of carbonyl (C=O) groups is 2. The highest BCUT2D eigenvalue weighted by molar-refractivity contribution is 5.93. The molecule has 27 heavy (non-hydrogen) atoms. The SMILES string of the molecule is COC(=O)c1ccc(NC(=O)CCc2nnc(-c3cc(C)nn3C)o2)cc1. The van der Waals surface area contributed by atoms with Crippen LogP contribution in [0.4, 0.5) is 5.69 Å². The van der Waals surface area contributed by atoms with Gasteiger partial charge in [-0.1, -0.05) is 0 Å². The van der Waals surface area contributed by atoms with Gasteiger partial charge in [0.25, 0.3) is 5.89 Å². The van der Waals surface area contributed by atoms with Gasteiger partial charge in [-0.25, -0.2) is 4.79 Å². The van der Waals surface area contributed by atoms with Crippen LogP contribution in [0, 0.1) is 6.92 Å². The third-order valence-electron chi connectivity index (χ3n) is 3.84. The van der Waals surface area contributed by atoms with Crippen molar-refractivity contribution in [2.45, 2.75) is 19.8 Å². The lowest BCUT2D eigenvalue weighted by atomic mass is 10.2. The fourth-order valence-electron chi connectivity index (χ4n) is 2.52. The van der Waals surface area contributed by atoms with Crippen LogP contribution in [-0.2, 0) is 23.0 Å². The number of hydrogen-bond donors (Lipinski definition) is 1. The quantitative estimate of drug-likeness (QED) is 0.662. The van der Waals surface area contributed by atoms with E-state index in [1.54, 1.807) is 36.0 Å². The van der Waals surface area contributed by atoms with Gasteiger partial charge in [0.15, 0.2) is 0 Å². The summed E-state index contributed by atoms with van der Waals surface area (Å²) < 4.78 is 11.9. The molecule has 0 bridgehead atoms. The second-order valence-corrected chi connectivity index (χ2v) is 5.91. The molecule has 140 valence electrons. The molecule has 0 aliphatic rings. The van der Waals surface area contributed by atoms with Crippen molar-refractivity contribution < 1.29 is 18.7 Å². The smallest absolute Gasteiger partial charge is 0.337 e. The number of carbonyl (C=O) groups excluding carboxylic acids is 2. The van der Waals surface area contributed by atoms with Crippen LogP contribution >= 0.6 is 0 Å². The molecule has 0 unspecified atom stereocenters. The molecule has 0 saturated carbocycles. The second kappa shape index (κ2) is 7.81. The van der Waals surface area contributed by atoms with Gasteiger partial charge >= 0.3 is 5.97 Å². The molecule has 1 amide bonds. The molecule has 0 spiro atoms. The summed E-state index contributed by atoms with van der Waals surface area (Å²) in [5.74, 6) is 0.118. The van der Waals surface area contributed by atoms with Gasteiger partial charge in [-0.2, -0.15) is 5.10 Å². The van der Waals surface area contributed by atoms with Crippen LogP contribution in [0.3, 0.4) is 0 Å². The van der Waals surface area contributed by atoms with Gasteiger partial charge in [-0.05, 0) is 37.3 Å². The van der Waals surface area contributed by atoms with Crippen molar-refractivity contribution in [1.82, 2.24) is 20.0 Å². The Morgan fingerprint density at radius 2 is 1.96 bits per heavy atom. The van der Waals surface area contributed by atoms with Crippen molar-refractivity contribution >= 4 is 17.6 Å². The first kappa shape index (κ1) is 18.3. The summed E-state index contributed by atoms with van der Waals surface area (Å²) in [6, 6.07) is 8.30. The topological polar surface area (TPSA) is 112 Å². The van der Waals surface area contributed by atoms with Gasteiger partial charge in [0, 0.05) is 25.6 Å². The molecular formula is C18H19N5O4. The summed E-state index contributed by atoms with van der Waals surface area (Å²) >= 11 is 0. The number of amides is 1. The highest BCUT2D eigenvalue weighted by atomic mass is 16.5. The van der Waals surface area contributed by atoms with E-state index in [4.69, 9.17) is 4.42 Å². The van der Waals surface area contributed by atoms with E-state index in [9.17, 15) is 9.59 Å². The second-order valence-electron chi connectivity index (χ2n) is 5.91. The van der Waals surface area contributed by atoms with Crippen molar-refractivity contribution in [2.75, 3.05) is 12.4 Å². The molecule has 2 aromatic heterocycles. The molecule has 9 heteroatoms. The third kappa shape index (κ3) is 4.38. The van der Waals surface area contributed by atoms with Crippen molar-refractivity contribution in [1.29, 1.82) is 0 Å². The largest absolute Gasteiger partial charge is 0.465 e. The number of aromatic nitrogens is 4. The van der Waals surface area contributed by atoms with Crippen LogP contribution in [0.5, 0.6) is 0 Å². The number of methoxy groups -OCH3 is 1. The standard InChI is InChI=1S/C18H19N5O4/c1-11-10-14(23(2)22-11)17-21-20-16(27-17)9-8-15(24)19-13-6-4-12(5-7-13)18(25)26-3/h4-7,10H,8-9H2,1-3H3,(H,19,24). The number of rotatable bonds is 6. The van der Waals surface area contributed by atoms with Gasteiger partial charge in [0.2, 0.25) is 11.8 Å². The average molecular weight is 369 g/mol. The number of ether oxygens (including phenoxy) is 1. The van der Waals surface area contributed by atoms with E-state index < -0.39 is 5.97 Å². The maximum absolute atomic E-state index is 12.1. The third-order valence-corrected chi connectivity index (χ3v) is 3.84. The maximum atomic E-state index is 12.1. The van der Waals surface area contributed by atoms with E-state index in [0.29, 0.717) is 29.5 Å². The Morgan fingerprint density at radius 1 is 1.22 bits per heavy atom. The summed E-state index contributed by atoms with van der Waals surface area (Å²) in [6.07, 6.45) is 0.501. The predicted molar refractivity (Wildman–Crippen MR) is 96.0 cm³/mol. The van der Waals surface area contributed by atoms with E-state index in [1.165, 1.54) is 7.11 Å². The van der Waals surface area contributed by atoms with Crippen LogP contribution in [-0.4, -0.2) is 39.0 Å². The number of nitrogens with one attached hydrogen (secondary N) is 1. The number of benzene rings is 1. The van der Waals surface area contributed by atoms with E-state index >= 15 is 0 Å². The Kier molecular flexibility index (Phi) is 5.30. The van der Waals surface area contributed by atoms with Crippen molar-refractivity contribution in [2.24, 2.45) is 7.05 Å². The monoisotopic (exact) mass is 369 g/mol. The first-order chi connectivity index (χ1) is 13.0. The summed E-state index contributed by atoms with van der Waals surface area (Å²) in [5.41, 5.74) is 2.58.